The number of methoxy groups -OCH3 is 4. The molecule has 118 valence electrons. The van der Waals surface area contributed by atoms with Crippen molar-refractivity contribution in [2.75, 3.05) is 28.4 Å². The van der Waals surface area contributed by atoms with Gasteiger partial charge in [0.2, 0.25) is 5.75 Å². The van der Waals surface area contributed by atoms with Crippen molar-refractivity contribution in [3.05, 3.63) is 47.5 Å². The molecule has 1 N–H and O–H groups in total. The minimum atomic E-state index is -0.806. The molecule has 2 aromatic carbocycles. The lowest BCUT2D eigenvalue weighted by molar-refractivity contribution is 0.218. The van der Waals surface area contributed by atoms with E-state index in [-0.39, 0.29) is 0 Å². The van der Waals surface area contributed by atoms with Gasteiger partial charge in [-0.25, -0.2) is 0 Å². The van der Waals surface area contributed by atoms with E-state index in [1.165, 1.54) is 0 Å². The predicted molar refractivity (Wildman–Crippen MR) is 83.2 cm³/mol. The second-order valence-electron chi connectivity index (χ2n) is 4.63. The SMILES string of the molecule is COc1ccc([C@H](O)c2cc(OC)c(OC)c(OC)c2)cc1. The highest BCUT2D eigenvalue weighted by Crippen LogP contribution is 2.40. The minimum absolute atomic E-state index is 0.496. The average molecular weight is 304 g/mol. The molecule has 0 bridgehead atoms. The molecule has 22 heavy (non-hydrogen) atoms. The Hall–Kier alpha value is -2.40. The second kappa shape index (κ2) is 7.04. The van der Waals surface area contributed by atoms with Crippen LogP contribution >= 0.6 is 0 Å². The van der Waals surface area contributed by atoms with E-state index in [4.69, 9.17) is 18.9 Å². The summed E-state index contributed by atoms with van der Waals surface area (Å²) < 4.78 is 21.0. The maximum absolute atomic E-state index is 10.6. The molecule has 0 unspecified atom stereocenters. The molecular formula is C17H20O5. The number of benzene rings is 2. The van der Waals surface area contributed by atoms with Gasteiger partial charge in [0.15, 0.2) is 11.5 Å². The third-order valence-electron chi connectivity index (χ3n) is 3.43. The van der Waals surface area contributed by atoms with Gasteiger partial charge in [-0.2, -0.15) is 0 Å². The van der Waals surface area contributed by atoms with Crippen molar-refractivity contribution < 1.29 is 24.1 Å². The van der Waals surface area contributed by atoms with Crippen LogP contribution in [0.3, 0.4) is 0 Å². The van der Waals surface area contributed by atoms with Gasteiger partial charge in [-0.3, -0.25) is 0 Å². The van der Waals surface area contributed by atoms with Crippen molar-refractivity contribution in [1.82, 2.24) is 0 Å². The summed E-state index contributed by atoms with van der Waals surface area (Å²) in [7, 11) is 6.23. The smallest absolute Gasteiger partial charge is 0.203 e. The van der Waals surface area contributed by atoms with Gasteiger partial charge < -0.3 is 24.1 Å². The molecular weight excluding hydrogens is 284 g/mol. The Labute approximate surface area is 130 Å². The van der Waals surface area contributed by atoms with Gasteiger partial charge in [-0.15, -0.1) is 0 Å². The highest BCUT2D eigenvalue weighted by molar-refractivity contribution is 5.55. The van der Waals surface area contributed by atoms with Gasteiger partial charge in [0.1, 0.15) is 11.9 Å². The summed E-state index contributed by atoms with van der Waals surface area (Å²) in [6, 6.07) is 10.7. The molecule has 2 aromatic rings. The Balaban J connectivity index is 2.41. The predicted octanol–water partition coefficient (Wildman–Crippen LogP) is 2.80. The van der Waals surface area contributed by atoms with Crippen LogP contribution in [0.15, 0.2) is 36.4 Å². The number of aliphatic hydroxyl groups is 1. The molecule has 2 rings (SSSR count). The second-order valence-corrected chi connectivity index (χ2v) is 4.63. The Kier molecular flexibility index (Phi) is 5.12. The first-order chi connectivity index (χ1) is 10.6. The molecule has 5 heteroatoms. The van der Waals surface area contributed by atoms with Crippen molar-refractivity contribution >= 4 is 0 Å². The van der Waals surface area contributed by atoms with Crippen LogP contribution in [0, 0.1) is 0 Å². The van der Waals surface area contributed by atoms with Crippen molar-refractivity contribution in [2.24, 2.45) is 0 Å². The molecule has 0 heterocycles. The lowest BCUT2D eigenvalue weighted by atomic mass is 10.0. The van der Waals surface area contributed by atoms with Crippen LogP contribution in [0.1, 0.15) is 17.2 Å². The fourth-order valence-electron chi connectivity index (χ4n) is 2.24. The van der Waals surface area contributed by atoms with E-state index in [1.807, 2.05) is 12.1 Å². The summed E-state index contributed by atoms with van der Waals surface area (Å²) in [4.78, 5) is 0. The number of ether oxygens (including phenoxy) is 4. The van der Waals surface area contributed by atoms with Crippen LogP contribution in [-0.4, -0.2) is 33.5 Å². The van der Waals surface area contributed by atoms with E-state index in [1.54, 1.807) is 52.7 Å². The van der Waals surface area contributed by atoms with Crippen molar-refractivity contribution in [3.63, 3.8) is 0 Å². The van der Waals surface area contributed by atoms with Crippen LogP contribution in [-0.2, 0) is 0 Å². The van der Waals surface area contributed by atoms with E-state index in [2.05, 4.69) is 0 Å². The molecule has 0 spiro atoms. The normalized spacial score (nSPS) is 11.7. The number of rotatable bonds is 6. The Bertz CT molecular complexity index is 596. The van der Waals surface area contributed by atoms with Gasteiger partial charge >= 0.3 is 0 Å². The third kappa shape index (κ3) is 3.09. The molecule has 0 aromatic heterocycles. The zero-order valence-electron chi connectivity index (χ0n) is 13.1. The quantitative estimate of drug-likeness (QED) is 0.889. The first-order valence-corrected chi connectivity index (χ1v) is 6.76. The van der Waals surface area contributed by atoms with Crippen molar-refractivity contribution in [3.8, 4) is 23.0 Å². The number of hydrogen-bond donors (Lipinski definition) is 1. The Morgan fingerprint density at radius 1 is 0.727 bits per heavy atom. The lowest BCUT2D eigenvalue weighted by Gasteiger charge is -2.17. The maximum Gasteiger partial charge on any atom is 0.203 e. The minimum Gasteiger partial charge on any atom is -0.497 e. The average Bonchev–Trinajstić information content (AvgIpc) is 2.59. The van der Waals surface area contributed by atoms with Gasteiger partial charge in [-0.05, 0) is 35.4 Å². The maximum atomic E-state index is 10.6. The number of aliphatic hydroxyl groups excluding tert-OH is 1. The van der Waals surface area contributed by atoms with E-state index >= 15 is 0 Å². The molecule has 0 aliphatic heterocycles. The van der Waals surface area contributed by atoms with Crippen molar-refractivity contribution in [2.45, 2.75) is 6.10 Å². The van der Waals surface area contributed by atoms with E-state index in [0.29, 0.717) is 22.8 Å². The molecule has 1 atom stereocenters. The zero-order chi connectivity index (χ0) is 16.1. The van der Waals surface area contributed by atoms with Crippen LogP contribution < -0.4 is 18.9 Å². The zero-order valence-corrected chi connectivity index (χ0v) is 13.1. The first-order valence-electron chi connectivity index (χ1n) is 6.76. The topological polar surface area (TPSA) is 57.2 Å². The van der Waals surface area contributed by atoms with E-state index in [9.17, 15) is 5.11 Å². The summed E-state index contributed by atoms with van der Waals surface area (Å²) in [5, 5.41) is 10.6. The van der Waals surface area contributed by atoms with Gasteiger partial charge in [0.05, 0.1) is 28.4 Å². The fourth-order valence-corrected chi connectivity index (χ4v) is 2.24. The number of hydrogen-bond acceptors (Lipinski definition) is 5. The molecule has 5 nitrogen and oxygen atoms in total. The summed E-state index contributed by atoms with van der Waals surface area (Å²) >= 11 is 0. The first kappa shape index (κ1) is 16.0. The molecule has 0 aliphatic rings. The van der Waals surface area contributed by atoms with Crippen LogP contribution in [0.4, 0.5) is 0 Å². The Morgan fingerprint density at radius 3 is 1.68 bits per heavy atom. The summed E-state index contributed by atoms with van der Waals surface area (Å²) in [6.45, 7) is 0. The molecule has 0 radical (unpaired) electrons. The third-order valence-corrected chi connectivity index (χ3v) is 3.43. The van der Waals surface area contributed by atoms with Crippen molar-refractivity contribution in [1.29, 1.82) is 0 Å². The molecule has 0 amide bonds. The fraction of sp³-hybridized carbons (Fsp3) is 0.294. The molecule has 0 aliphatic carbocycles. The standard InChI is InChI=1S/C17H20O5/c1-19-13-7-5-11(6-8-13)16(18)12-9-14(20-2)17(22-4)15(10-12)21-3/h5-10,16,18H,1-4H3/t16-/m0/s1. The van der Waals surface area contributed by atoms with Crippen LogP contribution in [0.2, 0.25) is 0 Å². The Morgan fingerprint density at radius 2 is 1.27 bits per heavy atom. The van der Waals surface area contributed by atoms with E-state index < -0.39 is 6.10 Å². The lowest BCUT2D eigenvalue weighted by Crippen LogP contribution is -2.03. The van der Waals surface area contributed by atoms with Gasteiger partial charge in [-0.1, -0.05) is 12.1 Å². The highest BCUT2D eigenvalue weighted by atomic mass is 16.5. The van der Waals surface area contributed by atoms with E-state index in [0.717, 1.165) is 11.3 Å². The van der Waals surface area contributed by atoms with Gasteiger partial charge in [0.25, 0.3) is 0 Å². The summed E-state index contributed by atoms with van der Waals surface area (Å²) in [6.07, 6.45) is -0.806. The molecule has 0 saturated heterocycles. The monoisotopic (exact) mass is 304 g/mol. The molecule has 0 fully saturated rings. The van der Waals surface area contributed by atoms with Crippen LogP contribution in [0.5, 0.6) is 23.0 Å². The summed E-state index contributed by atoms with van der Waals surface area (Å²) in [5.41, 5.74) is 1.40. The van der Waals surface area contributed by atoms with Crippen LogP contribution in [0.25, 0.3) is 0 Å². The summed E-state index contributed by atoms with van der Waals surface area (Å²) in [5.74, 6) is 2.24. The largest absolute Gasteiger partial charge is 0.497 e. The highest BCUT2D eigenvalue weighted by Gasteiger charge is 2.18. The van der Waals surface area contributed by atoms with Gasteiger partial charge in [0, 0.05) is 0 Å². The molecule has 0 saturated carbocycles.